The summed E-state index contributed by atoms with van der Waals surface area (Å²) in [5, 5.41) is 9.83. The second kappa shape index (κ2) is 15.6. The number of fused-ring (bicyclic) bond motifs is 2. The van der Waals surface area contributed by atoms with Crippen molar-refractivity contribution >= 4 is 34.5 Å². The van der Waals surface area contributed by atoms with E-state index >= 15 is 0 Å². The molecule has 2 aliphatic heterocycles. The third kappa shape index (κ3) is 7.72. The van der Waals surface area contributed by atoms with Crippen LogP contribution in [0, 0.1) is 5.92 Å². The molecule has 2 aromatic rings. The number of hydrogen-bond acceptors (Lipinski definition) is 5. The predicted molar refractivity (Wildman–Crippen MR) is 170 cm³/mol. The molecule has 1 unspecified atom stereocenters. The zero-order valence-electron chi connectivity index (χ0n) is 26.4. The number of para-hydroxylation sites is 1. The van der Waals surface area contributed by atoms with Crippen molar-refractivity contribution in [2.24, 2.45) is 5.92 Å². The van der Waals surface area contributed by atoms with Crippen LogP contribution in [0.15, 0.2) is 48.3 Å². The largest absolute Gasteiger partial charge is 0.417 e. The first-order valence-electron chi connectivity index (χ1n) is 16.0. The molecule has 238 valence electrons. The number of carbonyl (C=O) groups excluding carboxylic acids is 4. The second-order valence-corrected chi connectivity index (χ2v) is 11.9. The van der Waals surface area contributed by atoms with Crippen LogP contribution in [-0.4, -0.2) is 71.1 Å². The highest BCUT2D eigenvalue weighted by Gasteiger charge is 2.40. The van der Waals surface area contributed by atoms with Crippen LogP contribution in [-0.2, 0) is 25.6 Å². The normalized spacial score (nSPS) is 23.7. The maximum absolute atomic E-state index is 14.0. The van der Waals surface area contributed by atoms with Gasteiger partial charge in [-0.1, -0.05) is 44.9 Å². The summed E-state index contributed by atoms with van der Waals surface area (Å²) < 4.78 is 1.63. The van der Waals surface area contributed by atoms with E-state index in [4.69, 9.17) is 4.84 Å². The summed E-state index contributed by atoms with van der Waals surface area (Å²) in [7, 11) is 1.57. The number of carbonyl (C=O) groups is 4. The van der Waals surface area contributed by atoms with Crippen molar-refractivity contribution in [3.63, 3.8) is 0 Å². The van der Waals surface area contributed by atoms with Crippen molar-refractivity contribution in [3.05, 3.63) is 53.9 Å². The smallest absolute Gasteiger partial charge is 0.246 e. The standard InChI is InChI=1S/C34H47N5O5/c1-5-7-8-9-10-11-17-26-31(40)36-27(21-24-22-39(44-4)28-18-13-12-16-25(24)28)32(41)37-30(23(3)6-2)34(43)38-20-15-14-19-29(38)33(42)35-26/h5,8,12-13,16,18,22-23,26-27,29-30H,6,9-11,14-15,17,19-21H2,1-4H3,(H,35,42)(H,36,40)(H,37,41)/t7?,23?,26-,27-,29+,30-/m0/s1. The molecule has 3 heterocycles. The zero-order valence-corrected chi connectivity index (χ0v) is 26.4. The summed E-state index contributed by atoms with van der Waals surface area (Å²) in [5.41, 5.74) is 4.71. The summed E-state index contributed by atoms with van der Waals surface area (Å²) in [6, 6.07) is 4.37. The number of piperidine rings is 1. The Bertz CT molecular complexity index is 1390. The van der Waals surface area contributed by atoms with Crippen LogP contribution in [0.4, 0.5) is 0 Å². The fourth-order valence-corrected chi connectivity index (χ4v) is 6.15. The van der Waals surface area contributed by atoms with E-state index in [1.54, 1.807) is 16.7 Å². The lowest BCUT2D eigenvalue weighted by atomic mass is 9.93. The highest BCUT2D eigenvalue weighted by molar-refractivity contribution is 5.98. The predicted octanol–water partition coefficient (Wildman–Crippen LogP) is 3.43. The molecule has 2 fully saturated rings. The molecule has 0 bridgehead atoms. The monoisotopic (exact) mass is 605 g/mol. The van der Waals surface area contributed by atoms with Crippen LogP contribution >= 0.6 is 0 Å². The van der Waals surface area contributed by atoms with Gasteiger partial charge in [0.15, 0.2) is 0 Å². The summed E-state index contributed by atoms with van der Waals surface area (Å²) in [5.74, 6) is -1.58. The minimum absolute atomic E-state index is 0.170. The minimum atomic E-state index is -0.980. The van der Waals surface area contributed by atoms with Crippen LogP contribution in [0.2, 0.25) is 0 Å². The molecule has 4 amide bonds. The minimum Gasteiger partial charge on any atom is -0.417 e. The van der Waals surface area contributed by atoms with Gasteiger partial charge in [-0.05, 0) is 75.1 Å². The first kappa shape index (κ1) is 32.9. The summed E-state index contributed by atoms with van der Waals surface area (Å²) in [4.78, 5) is 62.7. The number of rotatable bonds is 10. The SMILES string of the molecule is CC=C=CCCCC[C@@H]1NC(=O)[C@H]2CCCCN2C(=O)[C@H](C(C)CC)NC(=O)[C@H](Cc2cn(OC)c3ccccc23)NC1=O. The average Bonchev–Trinajstić information content (AvgIpc) is 3.40. The van der Waals surface area contributed by atoms with E-state index < -0.39 is 36.0 Å². The number of nitrogens with one attached hydrogen (secondary N) is 3. The molecule has 1 aromatic heterocycles. The van der Waals surface area contributed by atoms with Gasteiger partial charge in [0.05, 0.1) is 5.52 Å². The van der Waals surface area contributed by atoms with Gasteiger partial charge in [-0.3, -0.25) is 19.2 Å². The van der Waals surface area contributed by atoms with Crippen molar-refractivity contribution in [3.8, 4) is 0 Å². The van der Waals surface area contributed by atoms with Gasteiger partial charge >= 0.3 is 0 Å². The Hall–Kier alpha value is -4.04. The lowest BCUT2D eigenvalue weighted by Gasteiger charge is -2.39. The molecule has 4 rings (SSSR count). The summed E-state index contributed by atoms with van der Waals surface area (Å²) in [6.45, 7) is 6.24. The number of aromatic nitrogens is 1. The number of nitrogens with zero attached hydrogens (tertiary/aromatic N) is 2. The number of amides is 4. The van der Waals surface area contributed by atoms with Crippen molar-refractivity contribution in [2.45, 2.75) is 103 Å². The Morgan fingerprint density at radius 1 is 1.02 bits per heavy atom. The van der Waals surface area contributed by atoms with E-state index in [1.807, 2.05) is 63.4 Å². The fourth-order valence-electron chi connectivity index (χ4n) is 6.15. The molecule has 0 aliphatic carbocycles. The Morgan fingerprint density at radius 3 is 2.52 bits per heavy atom. The highest BCUT2D eigenvalue weighted by atomic mass is 16.6. The number of allylic oxidation sites excluding steroid dienone is 1. The lowest BCUT2D eigenvalue weighted by Crippen LogP contribution is -2.64. The lowest BCUT2D eigenvalue weighted by molar-refractivity contribution is -0.147. The van der Waals surface area contributed by atoms with Gasteiger partial charge in [0.1, 0.15) is 31.3 Å². The van der Waals surface area contributed by atoms with Crippen molar-refractivity contribution in [2.75, 3.05) is 13.7 Å². The van der Waals surface area contributed by atoms with E-state index in [0.29, 0.717) is 32.2 Å². The molecule has 5 atom stereocenters. The Balaban J connectivity index is 1.69. The van der Waals surface area contributed by atoms with Crippen molar-refractivity contribution in [1.82, 2.24) is 25.6 Å². The molecule has 2 aliphatic rings. The van der Waals surface area contributed by atoms with Gasteiger partial charge in [0, 0.05) is 24.5 Å². The van der Waals surface area contributed by atoms with E-state index in [2.05, 4.69) is 21.7 Å². The Kier molecular flexibility index (Phi) is 11.7. The molecule has 44 heavy (non-hydrogen) atoms. The molecular formula is C34H47N5O5. The van der Waals surface area contributed by atoms with Crippen molar-refractivity contribution < 1.29 is 24.0 Å². The Morgan fingerprint density at radius 2 is 1.77 bits per heavy atom. The third-order valence-corrected chi connectivity index (χ3v) is 8.89. The average molecular weight is 606 g/mol. The van der Waals surface area contributed by atoms with Crippen LogP contribution < -0.4 is 20.8 Å². The van der Waals surface area contributed by atoms with Gasteiger partial charge in [-0.15, -0.1) is 5.73 Å². The molecule has 0 saturated carbocycles. The van der Waals surface area contributed by atoms with Crippen LogP contribution in [0.5, 0.6) is 0 Å². The molecule has 0 radical (unpaired) electrons. The van der Waals surface area contributed by atoms with Crippen molar-refractivity contribution in [1.29, 1.82) is 0 Å². The highest BCUT2D eigenvalue weighted by Crippen LogP contribution is 2.24. The molecule has 1 aromatic carbocycles. The summed E-state index contributed by atoms with van der Waals surface area (Å²) in [6.07, 6.45) is 11.3. The van der Waals surface area contributed by atoms with Gasteiger partial charge in [0.2, 0.25) is 23.6 Å². The van der Waals surface area contributed by atoms with Gasteiger partial charge in [-0.25, -0.2) is 0 Å². The van der Waals surface area contributed by atoms with Gasteiger partial charge < -0.3 is 25.7 Å². The third-order valence-electron chi connectivity index (χ3n) is 8.89. The molecule has 10 nitrogen and oxygen atoms in total. The first-order valence-corrected chi connectivity index (χ1v) is 16.0. The fraction of sp³-hybridized carbons (Fsp3) is 0.559. The van der Waals surface area contributed by atoms with E-state index in [0.717, 1.165) is 42.1 Å². The topological polar surface area (TPSA) is 122 Å². The molecule has 3 N–H and O–H groups in total. The number of benzene rings is 1. The number of unbranched alkanes of at least 4 members (excludes halogenated alkanes) is 2. The Labute approximate surface area is 260 Å². The van der Waals surface area contributed by atoms with E-state index in [9.17, 15) is 19.2 Å². The second-order valence-electron chi connectivity index (χ2n) is 11.9. The van der Waals surface area contributed by atoms with Gasteiger partial charge in [0.25, 0.3) is 0 Å². The summed E-state index contributed by atoms with van der Waals surface area (Å²) >= 11 is 0. The molecule has 2 saturated heterocycles. The van der Waals surface area contributed by atoms with Gasteiger partial charge in [-0.2, -0.15) is 4.73 Å². The molecule has 10 heteroatoms. The number of hydrogen-bond donors (Lipinski definition) is 3. The van der Waals surface area contributed by atoms with Crippen LogP contribution in [0.3, 0.4) is 0 Å². The zero-order chi connectivity index (χ0) is 31.6. The maximum Gasteiger partial charge on any atom is 0.246 e. The van der Waals surface area contributed by atoms with E-state index in [-0.39, 0.29) is 24.2 Å². The quantitative estimate of drug-likeness (QED) is 0.283. The van der Waals surface area contributed by atoms with E-state index in [1.165, 1.54) is 0 Å². The van der Waals surface area contributed by atoms with Crippen LogP contribution in [0.1, 0.15) is 77.7 Å². The first-order chi connectivity index (χ1) is 21.3. The molecular weight excluding hydrogens is 558 g/mol. The maximum atomic E-state index is 14.0. The van der Waals surface area contributed by atoms with Crippen LogP contribution in [0.25, 0.3) is 10.9 Å². The molecule has 0 spiro atoms.